The van der Waals surface area contributed by atoms with Crippen LogP contribution in [0.2, 0.25) is 0 Å². The van der Waals surface area contributed by atoms with Crippen LogP contribution in [-0.4, -0.2) is 47.6 Å². The number of carbonyl (C=O) groups is 1. The number of carbonyl (C=O) groups excluding carboxylic acids is 1. The van der Waals surface area contributed by atoms with Gasteiger partial charge in [0.1, 0.15) is 5.60 Å². The highest BCUT2D eigenvalue weighted by Gasteiger charge is 2.35. The third-order valence-electron chi connectivity index (χ3n) is 2.72. The second kappa shape index (κ2) is 5.44. The van der Waals surface area contributed by atoms with E-state index in [2.05, 4.69) is 5.32 Å². The molecule has 0 aromatic heterocycles. The van der Waals surface area contributed by atoms with Gasteiger partial charge in [0.25, 0.3) is 5.91 Å². The van der Waals surface area contributed by atoms with Gasteiger partial charge in [0.2, 0.25) is 0 Å². The van der Waals surface area contributed by atoms with Crippen LogP contribution in [0.5, 0.6) is 0 Å². The topological polar surface area (TPSA) is 78.8 Å². The first-order valence-corrected chi connectivity index (χ1v) is 4.97. The molecule has 15 heavy (non-hydrogen) atoms. The van der Waals surface area contributed by atoms with Gasteiger partial charge in [-0.3, -0.25) is 4.79 Å². The molecule has 0 aliphatic carbocycles. The summed E-state index contributed by atoms with van der Waals surface area (Å²) >= 11 is 0. The van der Waals surface area contributed by atoms with Crippen LogP contribution >= 0.6 is 0 Å². The quantitative estimate of drug-likeness (QED) is 0.571. The highest BCUT2D eigenvalue weighted by atomic mass is 16.5. The first kappa shape index (κ1) is 14.3. The van der Waals surface area contributed by atoms with E-state index in [1.54, 1.807) is 13.8 Å². The molecule has 90 valence electrons. The van der Waals surface area contributed by atoms with Crippen LogP contribution in [0.25, 0.3) is 0 Å². The van der Waals surface area contributed by atoms with Crippen molar-refractivity contribution in [3.05, 3.63) is 0 Å². The van der Waals surface area contributed by atoms with Gasteiger partial charge in [0, 0.05) is 7.11 Å². The molecule has 0 aliphatic heterocycles. The Labute approximate surface area is 90.4 Å². The van der Waals surface area contributed by atoms with Crippen molar-refractivity contribution in [2.75, 3.05) is 20.3 Å². The second-order valence-corrected chi connectivity index (χ2v) is 4.12. The third kappa shape index (κ3) is 3.44. The molecule has 0 fully saturated rings. The van der Waals surface area contributed by atoms with Gasteiger partial charge in [-0.2, -0.15) is 0 Å². The fraction of sp³-hybridized carbons (Fsp3) is 0.900. The molecule has 3 N–H and O–H groups in total. The monoisotopic (exact) mass is 219 g/mol. The smallest absolute Gasteiger partial charge is 0.252 e. The summed E-state index contributed by atoms with van der Waals surface area (Å²) in [4.78, 5) is 11.8. The molecule has 0 aromatic rings. The fourth-order valence-electron chi connectivity index (χ4n) is 0.933. The van der Waals surface area contributed by atoms with Crippen LogP contribution in [0.4, 0.5) is 0 Å². The van der Waals surface area contributed by atoms with Crippen molar-refractivity contribution in [1.29, 1.82) is 0 Å². The average molecular weight is 219 g/mol. The molecule has 0 aliphatic rings. The molecular formula is C10H21NO4. The number of ether oxygens (including phenoxy) is 1. The average Bonchev–Trinajstić information content (AvgIpc) is 2.27. The van der Waals surface area contributed by atoms with Crippen LogP contribution < -0.4 is 5.32 Å². The zero-order valence-electron chi connectivity index (χ0n) is 9.83. The summed E-state index contributed by atoms with van der Waals surface area (Å²) in [7, 11) is 1.46. The van der Waals surface area contributed by atoms with E-state index in [4.69, 9.17) is 14.9 Å². The SMILES string of the molecule is CCC(C)(OC)C(=O)NC(C)(CO)CO. The molecule has 0 saturated heterocycles. The standard InChI is InChI=1S/C10H21NO4/c1-5-10(3,15-4)8(14)11-9(2,6-12)7-13/h12-13H,5-7H2,1-4H3,(H,11,14). The van der Waals surface area contributed by atoms with Crippen LogP contribution in [0.1, 0.15) is 27.2 Å². The fourth-order valence-corrected chi connectivity index (χ4v) is 0.933. The summed E-state index contributed by atoms with van der Waals surface area (Å²) < 4.78 is 5.11. The van der Waals surface area contributed by atoms with E-state index in [1.165, 1.54) is 7.11 Å². The minimum Gasteiger partial charge on any atom is -0.394 e. The van der Waals surface area contributed by atoms with E-state index in [1.807, 2.05) is 6.92 Å². The van der Waals surface area contributed by atoms with Crippen molar-refractivity contribution < 1.29 is 19.7 Å². The molecule has 0 aromatic carbocycles. The molecule has 0 heterocycles. The van der Waals surface area contributed by atoms with E-state index in [0.717, 1.165) is 0 Å². The number of methoxy groups -OCH3 is 1. The van der Waals surface area contributed by atoms with Crippen molar-refractivity contribution >= 4 is 5.91 Å². The molecule has 1 atom stereocenters. The van der Waals surface area contributed by atoms with Crippen LogP contribution in [-0.2, 0) is 9.53 Å². The number of hydrogen-bond acceptors (Lipinski definition) is 4. The van der Waals surface area contributed by atoms with Gasteiger partial charge in [0.05, 0.1) is 18.8 Å². The minimum absolute atomic E-state index is 0.321. The van der Waals surface area contributed by atoms with Crippen molar-refractivity contribution in [1.82, 2.24) is 5.32 Å². The zero-order valence-corrected chi connectivity index (χ0v) is 9.83. The summed E-state index contributed by atoms with van der Waals surface area (Å²) in [6.07, 6.45) is 0.516. The largest absolute Gasteiger partial charge is 0.394 e. The van der Waals surface area contributed by atoms with Crippen molar-refractivity contribution in [3.63, 3.8) is 0 Å². The summed E-state index contributed by atoms with van der Waals surface area (Å²) in [6.45, 7) is 4.42. The molecule has 0 saturated carbocycles. The molecule has 5 heteroatoms. The van der Waals surface area contributed by atoms with Gasteiger partial charge >= 0.3 is 0 Å². The van der Waals surface area contributed by atoms with Crippen LogP contribution in [0, 0.1) is 0 Å². The predicted molar refractivity (Wildman–Crippen MR) is 56.4 cm³/mol. The Morgan fingerprint density at radius 3 is 2.07 bits per heavy atom. The van der Waals surface area contributed by atoms with Crippen molar-refractivity contribution in [2.45, 2.75) is 38.3 Å². The Balaban J connectivity index is 4.60. The van der Waals surface area contributed by atoms with Crippen molar-refractivity contribution in [2.24, 2.45) is 0 Å². The molecule has 1 amide bonds. The summed E-state index contributed by atoms with van der Waals surface area (Å²) in [5, 5.41) is 20.6. The van der Waals surface area contributed by atoms with E-state index >= 15 is 0 Å². The van der Waals surface area contributed by atoms with E-state index in [9.17, 15) is 4.79 Å². The molecule has 5 nitrogen and oxygen atoms in total. The maximum atomic E-state index is 11.8. The van der Waals surface area contributed by atoms with E-state index in [-0.39, 0.29) is 19.1 Å². The highest BCUT2D eigenvalue weighted by Crippen LogP contribution is 2.15. The Kier molecular flexibility index (Phi) is 5.20. The number of nitrogens with one attached hydrogen (secondary N) is 1. The lowest BCUT2D eigenvalue weighted by Crippen LogP contribution is -2.58. The molecule has 0 bridgehead atoms. The van der Waals surface area contributed by atoms with Gasteiger partial charge in [-0.15, -0.1) is 0 Å². The number of amides is 1. The first-order valence-electron chi connectivity index (χ1n) is 4.97. The van der Waals surface area contributed by atoms with Crippen molar-refractivity contribution in [3.8, 4) is 0 Å². The molecule has 0 spiro atoms. The van der Waals surface area contributed by atoms with E-state index in [0.29, 0.717) is 6.42 Å². The number of rotatable bonds is 6. The Morgan fingerprint density at radius 1 is 1.33 bits per heavy atom. The van der Waals surface area contributed by atoms with Gasteiger partial charge in [0.15, 0.2) is 0 Å². The molecular weight excluding hydrogens is 198 g/mol. The molecule has 0 rings (SSSR count). The Hall–Kier alpha value is -0.650. The normalized spacial score (nSPS) is 15.9. The lowest BCUT2D eigenvalue weighted by molar-refractivity contribution is -0.145. The van der Waals surface area contributed by atoms with Gasteiger partial charge in [-0.25, -0.2) is 0 Å². The van der Waals surface area contributed by atoms with Gasteiger partial charge in [-0.1, -0.05) is 6.92 Å². The summed E-state index contributed by atoms with van der Waals surface area (Å²) in [5.41, 5.74) is -1.93. The lowest BCUT2D eigenvalue weighted by Gasteiger charge is -2.32. The molecule has 0 radical (unpaired) electrons. The summed E-state index contributed by atoms with van der Waals surface area (Å²) in [5.74, 6) is -0.335. The number of aliphatic hydroxyl groups excluding tert-OH is 2. The van der Waals surface area contributed by atoms with Crippen LogP contribution in [0.3, 0.4) is 0 Å². The highest BCUT2D eigenvalue weighted by molar-refractivity contribution is 5.85. The van der Waals surface area contributed by atoms with E-state index < -0.39 is 11.1 Å². The second-order valence-electron chi connectivity index (χ2n) is 4.12. The maximum absolute atomic E-state index is 11.8. The predicted octanol–water partition coefficient (Wildman–Crippen LogP) is -0.339. The Morgan fingerprint density at radius 2 is 1.80 bits per heavy atom. The van der Waals surface area contributed by atoms with Gasteiger partial charge < -0.3 is 20.3 Å². The lowest BCUT2D eigenvalue weighted by atomic mass is 9.98. The Bertz CT molecular complexity index is 209. The number of hydrogen-bond donors (Lipinski definition) is 3. The van der Waals surface area contributed by atoms with Gasteiger partial charge in [-0.05, 0) is 20.3 Å². The maximum Gasteiger partial charge on any atom is 0.252 e. The number of aliphatic hydroxyl groups is 2. The minimum atomic E-state index is -1.01. The third-order valence-corrected chi connectivity index (χ3v) is 2.72. The molecule has 1 unspecified atom stereocenters. The zero-order chi connectivity index (χ0) is 12.1. The summed E-state index contributed by atoms with van der Waals surface area (Å²) in [6, 6.07) is 0. The van der Waals surface area contributed by atoms with Crippen LogP contribution in [0.15, 0.2) is 0 Å². The first-order chi connectivity index (χ1) is 6.87.